The summed E-state index contributed by atoms with van der Waals surface area (Å²) in [4.78, 5) is 27.7. The van der Waals surface area contributed by atoms with Crippen molar-refractivity contribution >= 4 is 34.7 Å². The molecule has 0 aliphatic rings. The summed E-state index contributed by atoms with van der Waals surface area (Å²) in [5, 5.41) is 30.8. The van der Waals surface area contributed by atoms with E-state index in [4.69, 9.17) is 21.6 Å². The van der Waals surface area contributed by atoms with Gasteiger partial charge in [0.25, 0.3) is 11.8 Å². The molecule has 0 saturated carbocycles. The third kappa shape index (κ3) is 8.26. The first-order chi connectivity index (χ1) is 15.2. The van der Waals surface area contributed by atoms with E-state index in [0.29, 0.717) is 13.0 Å². The Morgan fingerprint density at radius 3 is 2.47 bits per heavy atom. The monoisotopic (exact) mass is 448 g/mol. The van der Waals surface area contributed by atoms with E-state index in [1.165, 1.54) is 18.2 Å². The quantitative estimate of drug-likeness (QED) is 0.0565. The predicted molar refractivity (Wildman–Crippen MR) is 123 cm³/mol. The van der Waals surface area contributed by atoms with Gasteiger partial charge in [0, 0.05) is 12.6 Å². The number of ether oxygens (including phenoxy) is 1. The van der Waals surface area contributed by atoms with Gasteiger partial charge in [0.15, 0.2) is 12.4 Å². The topological polar surface area (TPSA) is 196 Å². The van der Waals surface area contributed by atoms with Gasteiger partial charge in [-0.25, -0.2) is 4.99 Å². The molecular weight excluding hydrogens is 416 g/mol. The Morgan fingerprint density at radius 2 is 1.88 bits per heavy atom. The normalized spacial score (nSPS) is 12.0. The number of nitrogens with zero attached hydrogens (tertiary/aromatic N) is 1. The van der Waals surface area contributed by atoms with Crippen LogP contribution < -0.4 is 27.0 Å². The van der Waals surface area contributed by atoms with E-state index >= 15 is 0 Å². The second-order valence-corrected chi connectivity index (χ2v) is 6.96. The maximum Gasteiger partial charge on any atom is 0.258 e. The van der Waals surface area contributed by atoms with E-state index in [-0.39, 0.29) is 47.3 Å². The summed E-state index contributed by atoms with van der Waals surface area (Å²) in [6.45, 7) is 3.94. The smallest absolute Gasteiger partial charge is 0.258 e. The van der Waals surface area contributed by atoms with Gasteiger partial charge in [-0.3, -0.25) is 20.3 Å². The fourth-order valence-corrected chi connectivity index (χ4v) is 2.57. The number of nitrogens with one attached hydrogen (secondary N) is 3. The van der Waals surface area contributed by atoms with Gasteiger partial charge in [-0.1, -0.05) is 26.7 Å². The van der Waals surface area contributed by atoms with Crippen molar-refractivity contribution in [3.8, 4) is 5.75 Å². The standard InChI is InChI=1S/C21H32N6O5/c1-3-5-7-14(22)19(29)18(21(30)25-10-6-4-2)20(24)26-15-9-8-13(11-16(15)27-31)32-12-17(23)28/h8-9,11,22,27,29,31H,3-7,10,12H2,1-2H3,(H2,23,28)(H2,24,26)(H,25,30)/b19-18+,22-14?. The molecule has 0 atom stereocenters. The predicted octanol–water partition coefficient (Wildman–Crippen LogP) is 2.28. The van der Waals surface area contributed by atoms with Gasteiger partial charge in [-0.05, 0) is 31.4 Å². The molecule has 0 radical (unpaired) electrons. The van der Waals surface area contributed by atoms with Crippen LogP contribution in [0, 0.1) is 5.41 Å². The summed E-state index contributed by atoms with van der Waals surface area (Å²) < 4.78 is 5.17. The van der Waals surface area contributed by atoms with Gasteiger partial charge in [0.2, 0.25) is 0 Å². The van der Waals surface area contributed by atoms with E-state index < -0.39 is 17.6 Å². The summed E-state index contributed by atoms with van der Waals surface area (Å²) in [5.74, 6) is -1.97. The van der Waals surface area contributed by atoms with Crippen LogP contribution in [0.15, 0.2) is 34.5 Å². The molecule has 0 unspecified atom stereocenters. The van der Waals surface area contributed by atoms with Crippen LogP contribution in [0.2, 0.25) is 0 Å². The van der Waals surface area contributed by atoms with E-state index in [9.17, 15) is 19.9 Å². The third-order valence-corrected chi connectivity index (χ3v) is 4.31. The number of carbonyl (C=O) groups excluding carboxylic acids is 2. The van der Waals surface area contributed by atoms with Crippen molar-refractivity contribution in [3.63, 3.8) is 0 Å². The number of hydrogen-bond donors (Lipinski definition) is 7. The number of benzene rings is 1. The molecule has 9 N–H and O–H groups in total. The molecule has 1 aromatic rings. The zero-order chi connectivity index (χ0) is 24.1. The highest BCUT2D eigenvalue weighted by Gasteiger charge is 2.22. The Kier molecular flexibility index (Phi) is 11.3. The molecular formula is C21H32N6O5. The molecule has 0 spiro atoms. The number of aliphatic imine (C=N–C) groups is 1. The first-order valence-electron chi connectivity index (χ1n) is 10.3. The van der Waals surface area contributed by atoms with Crippen LogP contribution in [0.25, 0.3) is 0 Å². The summed E-state index contributed by atoms with van der Waals surface area (Å²) in [7, 11) is 0. The van der Waals surface area contributed by atoms with E-state index in [1.54, 1.807) is 0 Å². The molecule has 176 valence electrons. The summed E-state index contributed by atoms with van der Waals surface area (Å²) in [6, 6.07) is 4.24. The lowest BCUT2D eigenvalue weighted by molar-refractivity contribution is -0.120. The Morgan fingerprint density at radius 1 is 1.19 bits per heavy atom. The average molecular weight is 449 g/mol. The maximum atomic E-state index is 12.7. The van der Waals surface area contributed by atoms with E-state index in [2.05, 4.69) is 10.3 Å². The largest absolute Gasteiger partial charge is 0.505 e. The molecule has 1 aromatic carbocycles. The minimum absolute atomic E-state index is 0.0706. The number of amides is 2. The number of hydrogen-bond acceptors (Lipinski definition) is 8. The lowest BCUT2D eigenvalue weighted by Gasteiger charge is -2.13. The first-order valence-corrected chi connectivity index (χ1v) is 10.3. The number of carbonyl (C=O) groups is 2. The second kappa shape index (κ2) is 13.7. The van der Waals surface area contributed by atoms with Crippen LogP contribution in [0.1, 0.15) is 46.0 Å². The minimum Gasteiger partial charge on any atom is -0.505 e. The molecule has 1 rings (SSSR count). The van der Waals surface area contributed by atoms with Crippen LogP contribution >= 0.6 is 0 Å². The van der Waals surface area contributed by atoms with Crippen molar-refractivity contribution in [1.82, 2.24) is 5.32 Å². The highest BCUT2D eigenvalue weighted by Crippen LogP contribution is 2.29. The van der Waals surface area contributed by atoms with Gasteiger partial charge in [-0.15, -0.1) is 0 Å². The van der Waals surface area contributed by atoms with Crippen LogP contribution in [0.4, 0.5) is 11.4 Å². The van der Waals surface area contributed by atoms with Gasteiger partial charge in [-0.2, -0.15) is 0 Å². The van der Waals surface area contributed by atoms with Crippen LogP contribution in [-0.2, 0) is 9.59 Å². The van der Waals surface area contributed by atoms with Crippen LogP contribution in [0.5, 0.6) is 5.75 Å². The number of anilines is 1. The first kappa shape index (κ1) is 26.4. The molecule has 0 heterocycles. The van der Waals surface area contributed by atoms with E-state index in [1.807, 2.05) is 19.3 Å². The number of nitrogens with two attached hydrogens (primary N) is 2. The zero-order valence-electron chi connectivity index (χ0n) is 18.4. The van der Waals surface area contributed by atoms with Gasteiger partial charge >= 0.3 is 0 Å². The SMILES string of the molecule is CCCCNC(=O)/C(C(N)=Nc1ccc(OCC(N)=O)cc1NO)=C(/O)C(=N)CCCC. The van der Waals surface area contributed by atoms with Crippen LogP contribution in [0.3, 0.4) is 0 Å². The summed E-state index contributed by atoms with van der Waals surface area (Å²) in [5.41, 5.74) is 12.8. The van der Waals surface area contributed by atoms with Crippen molar-refractivity contribution in [2.75, 3.05) is 18.6 Å². The van der Waals surface area contributed by atoms with Gasteiger partial charge in [0.1, 0.15) is 17.2 Å². The maximum absolute atomic E-state index is 12.7. The van der Waals surface area contributed by atoms with Crippen molar-refractivity contribution < 1.29 is 24.6 Å². The van der Waals surface area contributed by atoms with E-state index in [0.717, 1.165) is 19.3 Å². The molecule has 0 saturated heterocycles. The Bertz CT molecular complexity index is 881. The number of unbranched alkanes of at least 4 members (excludes halogenated alkanes) is 2. The molecule has 0 fully saturated rings. The molecule has 0 aliphatic heterocycles. The fraction of sp³-hybridized carbons (Fsp3) is 0.429. The highest BCUT2D eigenvalue weighted by molar-refractivity contribution is 6.24. The number of rotatable bonds is 14. The lowest BCUT2D eigenvalue weighted by Crippen LogP contribution is -2.34. The Hall–Kier alpha value is -3.60. The number of primary amides is 1. The minimum atomic E-state index is -0.667. The average Bonchev–Trinajstić information content (AvgIpc) is 2.76. The van der Waals surface area contributed by atoms with Crippen molar-refractivity contribution in [2.45, 2.75) is 46.0 Å². The Balaban J connectivity index is 3.33. The lowest BCUT2D eigenvalue weighted by atomic mass is 10.1. The zero-order valence-corrected chi connectivity index (χ0v) is 18.4. The van der Waals surface area contributed by atoms with Crippen molar-refractivity contribution in [2.24, 2.45) is 16.5 Å². The molecule has 0 aromatic heterocycles. The number of amidine groups is 1. The number of aliphatic hydroxyl groups is 1. The Labute approximate surface area is 187 Å². The summed E-state index contributed by atoms with van der Waals surface area (Å²) in [6.07, 6.45) is 3.34. The second-order valence-electron chi connectivity index (χ2n) is 6.96. The third-order valence-electron chi connectivity index (χ3n) is 4.31. The number of allylic oxidation sites excluding steroid dienone is 1. The fourth-order valence-electron chi connectivity index (χ4n) is 2.57. The molecule has 11 heteroatoms. The van der Waals surface area contributed by atoms with Gasteiger partial charge in [0.05, 0.1) is 17.1 Å². The van der Waals surface area contributed by atoms with Crippen molar-refractivity contribution in [1.29, 1.82) is 5.41 Å². The molecule has 0 aliphatic carbocycles. The molecule has 11 nitrogen and oxygen atoms in total. The van der Waals surface area contributed by atoms with Gasteiger partial charge < -0.3 is 32.0 Å². The van der Waals surface area contributed by atoms with Crippen molar-refractivity contribution in [3.05, 3.63) is 29.5 Å². The van der Waals surface area contributed by atoms with Crippen LogP contribution in [-0.4, -0.2) is 46.8 Å². The highest BCUT2D eigenvalue weighted by atomic mass is 16.5. The molecule has 32 heavy (non-hydrogen) atoms. The summed E-state index contributed by atoms with van der Waals surface area (Å²) >= 11 is 0. The molecule has 0 bridgehead atoms. The number of aliphatic hydroxyl groups excluding tert-OH is 1. The molecule has 2 amide bonds.